The average molecular weight is 254 g/mol. The average Bonchev–Trinajstić information content (AvgIpc) is 2.71. The summed E-state index contributed by atoms with van der Waals surface area (Å²) in [4.78, 5) is 14.3. The number of carbonyl (C=O) groups excluding carboxylic acids is 1. The van der Waals surface area contributed by atoms with Crippen LogP contribution in [-0.2, 0) is 9.53 Å². The Balaban J connectivity index is 1.98. The molecule has 2 rings (SSSR count). The van der Waals surface area contributed by atoms with Crippen molar-refractivity contribution in [2.75, 3.05) is 20.2 Å². The zero-order valence-corrected chi connectivity index (χ0v) is 11.9. The molecule has 2 fully saturated rings. The molecule has 1 saturated heterocycles. The zero-order chi connectivity index (χ0) is 13.4. The van der Waals surface area contributed by atoms with Crippen molar-refractivity contribution >= 4 is 5.97 Å². The fourth-order valence-electron chi connectivity index (χ4n) is 3.53. The standard InChI is InChI=1S/C14H26N2O2/c1-13(2)6-4-8-16(10-13)11-5-7-14(15,9-11)12(17)18-3/h11H,4-10,15H2,1-3H3. The first-order valence-corrected chi connectivity index (χ1v) is 6.98. The van der Waals surface area contributed by atoms with E-state index in [9.17, 15) is 4.79 Å². The van der Waals surface area contributed by atoms with Gasteiger partial charge in [0.2, 0.25) is 0 Å². The van der Waals surface area contributed by atoms with Crippen LogP contribution in [0.2, 0.25) is 0 Å². The zero-order valence-electron chi connectivity index (χ0n) is 11.9. The minimum Gasteiger partial charge on any atom is -0.468 e. The van der Waals surface area contributed by atoms with Gasteiger partial charge in [-0.1, -0.05) is 13.8 Å². The summed E-state index contributed by atoms with van der Waals surface area (Å²) in [5.74, 6) is -0.249. The van der Waals surface area contributed by atoms with Crippen LogP contribution in [0.5, 0.6) is 0 Å². The molecule has 0 aromatic carbocycles. The van der Waals surface area contributed by atoms with E-state index in [2.05, 4.69) is 18.7 Å². The first-order valence-electron chi connectivity index (χ1n) is 6.98. The molecule has 4 nitrogen and oxygen atoms in total. The number of carbonyl (C=O) groups is 1. The van der Waals surface area contributed by atoms with Crippen LogP contribution in [0.4, 0.5) is 0 Å². The van der Waals surface area contributed by atoms with Crippen molar-refractivity contribution in [2.24, 2.45) is 11.1 Å². The van der Waals surface area contributed by atoms with Crippen molar-refractivity contribution in [3.8, 4) is 0 Å². The molecular formula is C14H26N2O2. The number of hydrogen-bond donors (Lipinski definition) is 1. The molecule has 2 aliphatic rings. The number of piperidine rings is 1. The Kier molecular flexibility index (Phi) is 3.70. The monoisotopic (exact) mass is 254 g/mol. The first kappa shape index (κ1) is 13.8. The van der Waals surface area contributed by atoms with Gasteiger partial charge in [-0.15, -0.1) is 0 Å². The van der Waals surface area contributed by atoms with Gasteiger partial charge in [-0.2, -0.15) is 0 Å². The fraction of sp³-hybridized carbons (Fsp3) is 0.929. The van der Waals surface area contributed by atoms with E-state index < -0.39 is 5.54 Å². The van der Waals surface area contributed by atoms with Crippen molar-refractivity contribution in [3.63, 3.8) is 0 Å². The van der Waals surface area contributed by atoms with Crippen molar-refractivity contribution in [1.82, 2.24) is 4.90 Å². The third-order valence-corrected chi connectivity index (χ3v) is 4.56. The Hall–Kier alpha value is -0.610. The van der Waals surface area contributed by atoms with Crippen LogP contribution in [-0.4, -0.2) is 42.6 Å². The summed E-state index contributed by atoms with van der Waals surface area (Å²) < 4.78 is 4.83. The Morgan fingerprint density at radius 1 is 1.39 bits per heavy atom. The van der Waals surface area contributed by atoms with Crippen LogP contribution >= 0.6 is 0 Å². The van der Waals surface area contributed by atoms with Gasteiger partial charge in [0, 0.05) is 12.6 Å². The Labute approximate surface area is 110 Å². The molecule has 18 heavy (non-hydrogen) atoms. The van der Waals surface area contributed by atoms with E-state index in [1.807, 2.05) is 0 Å². The van der Waals surface area contributed by atoms with Gasteiger partial charge in [0.15, 0.2) is 0 Å². The second-order valence-electron chi connectivity index (χ2n) is 6.78. The van der Waals surface area contributed by atoms with E-state index in [-0.39, 0.29) is 5.97 Å². The molecule has 1 aliphatic carbocycles. The molecule has 2 unspecified atom stereocenters. The summed E-state index contributed by atoms with van der Waals surface area (Å²) in [6, 6.07) is 0.452. The third-order valence-electron chi connectivity index (χ3n) is 4.56. The van der Waals surface area contributed by atoms with E-state index in [1.54, 1.807) is 0 Å². The van der Waals surface area contributed by atoms with Gasteiger partial charge < -0.3 is 10.5 Å². The molecule has 4 heteroatoms. The minimum atomic E-state index is -0.749. The Morgan fingerprint density at radius 3 is 2.72 bits per heavy atom. The molecule has 1 saturated carbocycles. The van der Waals surface area contributed by atoms with E-state index in [1.165, 1.54) is 20.0 Å². The molecule has 0 radical (unpaired) electrons. The molecule has 0 aromatic rings. The summed E-state index contributed by atoms with van der Waals surface area (Å²) in [6.45, 7) is 6.91. The number of hydrogen-bond acceptors (Lipinski definition) is 4. The van der Waals surface area contributed by atoms with Gasteiger partial charge in [0.25, 0.3) is 0 Å². The largest absolute Gasteiger partial charge is 0.468 e. The summed E-state index contributed by atoms with van der Waals surface area (Å²) >= 11 is 0. The maximum atomic E-state index is 11.7. The smallest absolute Gasteiger partial charge is 0.325 e. The molecule has 2 N–H and O–H groups in total. The lowest BCUT2D eigenvalue weighted by molar-refractivity contribution is -0.147. The summed E-state index contributed by atoms with van der Waals surface area (Å²) in [5.41, 5.74) is 5.82. The number of nitrogens with two attached hydrogens (primary N) is 1. The molecule has 2 atom stereocenters. The van der Waals surface area contributed by atoms with Gasteiger partial charge >= 0.3 is 5.97 Å². The second-order valence-corrected chi connectivity index (χ2v) is 6.78. The van der Waals surface area contributed by atoms with Gasteiger partial charge in [-0.25, -0.2) is 0 Å². The number of esters is 1. The SMILES string of the molecule is COC(=O)C1(N)CCC(N2CCCC(C)(C)C2)C1. The van der Waals surface area contributed by atoms with Crippen LogP contribution in [0.3, 0.4) is 0 Å². The van der Waals surface area contributed by atoms with Gasteiger partial charge in [-0.3, -0.25) is 9.69 Å². The van der Waals surface area contributed by atoms with Crippen LogP contribution in [0.1, 0.15) is 46.0 Å². The fourth-order valence-corrected chi connectivity index (χ4v) is 3.53. The van der Waals surface area contributed by atoms with Crippen LogP contribution in [0.25, 0.3) is 0 Å². The van der Waals surface area contributed by atoms with E-state index >= 15 is 0 Å². The maximum Gasteiger partial charge on any atom is 0.325 e. The van der Waals surface area contributed by atoms with Crippen LogP contribution in [0.15, 0.2) is 0 Å². The van der Waals surface area contributed by atoms with Gasteiger partial charge in [0.1, 0.15) is 5.54 Å². The van der Waals surface area contributed by atoms with Crippen molar-refractivity contribution in [3.05, 3.63) is 0 Å². The lowest BCUT2D eigenvalue weighted by atomic mass is 9.83. The summed E-state index contributed by atoms with van der Waals surface area (Å²) in [7, 11) is 1.42. The highest BCUT2D eigenvalue weighted by Gasteiger charge is 2.45. The minimum absolute atomic E-state index is 0.249. The van der Waals surface area contributed by atoms with Crippen LogP contribution < -0.4 is 5.73 Å². The lowest BCUT2D eigenvalue weighted by Crippen LogP contribution is -2.50. The van der Waals surface area contributed by atoms with Gasteiger partial charge in [0.05, 0.1) is 7.11 Å². The quantitative estimate of drug-likeness (QED) is 0.759. The third kappa shape index (κ3) is 2.69. The molecule has 0 spiro atoms. The first-order chi connectivity index (χ1) is 8.36. The highest BCUT2D eigenvalue weighted by atomic mass is 16.5. The van der Waals surface area contributed by atoms with Crippen molar-refractivity contribution < 1.29 is 9.53 Å². The highest BCUT2D eigenvalue weighted by molar-refractivity contribution is 5.81. The molecule has 0 amide bonds. The molecule has 0 bridgehead atoms. The lowest BCUT2D eigenvalue weighted by Gasteiger charge is -2.41. The van der Waals surface area contributed by atoms with E-state index in [4.69, 9.17) is 10.5 Å². The molecule has 104 valence electrons. The predicted octanol–water partition coefficient (Wildman–Crippen LogP) is 1.53. The summed E-state index contributed by atoms with van der Waals surface area (Å²) in [6.07, 6.45) is 5.05. The van der Waals surface area contributed by atoms with E-state index in [0.717, 1.165) is 32.4 Å². The van der Waals surface area contributed by atoms with Crippen molar-refractivity contribution in [2.45, 2.75) is 57.5 Å². The van der Waals surface area contributed by atoms with Gasteiger partial charge in [-0.05, 0) is 44.1 Å². The molecule has 1 aliphatic heterocycles. The molecular weight excluding hydrogens is 228 g/mol. The van der Waals surface area contributed by atoms with E-state index in [0.29, 0.717) is 11.5 Å². The number of rotatable bonds is 2. The molecule has 1 heterocycles. The number of nitrogens with zero attached hydrogens (tertiary/aromatic N) is 1. The second kappa shape index (κ2) is 4.82. The molecule has 0 aromatic heterocycles. The number of likely N-dealkylation sites (tertiary alicyclic amines) is 1. The van der Waals surface area contributed by atoms with Crippen molar-refractivity contribution in [1.29, 1.82) is 0 Å². The van der Waals surface area contributed by atoms with Crippen LogP contribution in [0, 0.1) is 5.41 Å². The Bertz CT molecular complexity index is 330. The number of ether oxygens (including phenoxy) is 1. The number of methoxy groups -OCH3 is 1. The topological polar surface area (TPSA) is 55.6 Å². The summed E-state index contributed by atoms with van der Waals surface area (Å²) in [5, 5.41) is 0. The maximum absolute atomic E-state index is 11.7. The predicted molar refractivity (Wildman–Crippen MR) is 71.2 cm³/mol. The normalized spacial score (nSPS) is 36.6. The highest BCUT2D eigenvalue weighted by Crippen LogP contribution is 2.37. The Morgan fingerprint density at radius 2 is 2.11 bits per heavy atom.